The summed E-state index contributed by atoms with van der Waals surface area (Å²) in [6.07, 6.45) is 2.03. The Kier molecular flexibility index (Phi) is 2.29. The predicted molar refractivity (Wildman–Crippen MR) is 52.5 cm³/mol. The number of phenolic OH excluding ortho intramolecular Hbond substituents is 1. The van der Waals surface area contributed by atoms with E-state index in [0.717, 1.165) is 25.5 Å². The van der Waals surface area contributed by atoms with Crippen LogP contribution in [0.25, 0.3) is 0 Å². The van der Waals surface area contributed by atoms with Crippen LogP contribution in [0.15, 0.2) is 12.1 Å². The molecule has 3 nitrogen and oxygen atoms in total. The Labute approximate surface area is 81.7 Å². The summed E-state index contributed by atoms with van der Waals surface area (Å²) in [4.78, 5) is 0. The van der Waals surface area contributed by atoms with Crippen molar-refractivity contribution in [3.05, 3.63) is 23.5 Å². The van der Waals surface area contributed by atoms with Crippen LogP contribution in [0, 0.1) is 5.82 Å². The topological polar surface area (TPSA) is 58.3 Å². The van der Waals surface area contributed by atoms with Gasteiger partial charge in [0.05, 0.1) is 5.69 Å². The third-order valence-electron chi connectivity index (χ3n) is 2.58. The molecule has 0 radical (unpaired) electrons. The van der Waals surface area contributed by atoms with Crippen LogP contribution in [0.2, 0.25) is 0 Å². The maximum absolute atomic E-state index is 12.9. The fourth-order valence-electron chi connectivity index (χ4n) is 1.83. The number of aromatic hydroxyl groups is 1. The summed E-state index contributed by atoms with van der Waals surface area (Å²) in [6, 6.07) is 2.69. The Morgan fingerprint density at radius 1 is 1.50 bits per heavy atom. The van der Waals surface area contributed by atoms with E-state index in [9.17, 15) is 9.50 Å². The molecular formula is C10H13FN2O. The highest BCUT2D eigenvalue weighted by molar-refractivity contribution is 5.50. The molecule has 1 aromatic carbocycles. The van der Waals surface area contributed by atoms with E-state index in [1.807, 2.05) is 0 Å². The predicted octanol–water partition coefficient (Wildman–Crippen LogP) is 1.54. The maximum Gasteiger partial charge on any atom is 0.149 e. The Morgan fingerprint density at radius 2 is 2.29 bits per heavy atom. The molecule has 0 aliphatic carbocycles. The van der Waals surface area contributed by atoms with Gasteiger partial charge in [-0.3, -0.25) is 0 Å². The number of hydrogen-bond donors (Lipinski definition) is 3. The first-order chi connectivity index (χ1) is 6.68. The van der Waals surface area contributed by atoms with Crippen molar-refractivity contribution in [2.24, 2.45) is 0 Å². The molecule has 0 unspecified atom stereocenters. The summed E-state index contributed by atoms with van der Waals surface area (Å²) in [5, 5.41) is 12.8. The molecule has 0 bridgehead atoms. The van der Waals surface area contributed by atoms with E-state index in [2.05, 4.69) is 5.32 Å². The third kappa shape index (κ3) is 1.53. The Hall–Kier alpha value is -1.29. The summed E-state index contributed by atoms with van der Waals surface area (Å²) in [6.45, 7) is 0.932. The fraction of sp³-hybridized carbons (Fsp3) is 0.400. The minimum atomic E-state index is -0.566. The fourth-order valence-corrected chi connectivity index (χ4v) is 1.83. The van der Waals surface area contributed by atoms with Crippen molar-refractivity contribution in [3.8, 4) is 5.75 Å². The molecule has 1 aliphatic rings. The van der Waals surface area contributed by atoms with Gasteiger partial charge in [0.25, 0.3) is 0 Å². The van der Waals surface area contributed by atoms with E-state index in [4.69, 9.17) is 5.73 Å². The summed E-state index contributed by atoms with van der Waals surface area (Å²) in [7, 11) is 0. The van der Waals surface area contributed by atoms with Crippen molar-refractivity contribution >= 4 is 5.69 Å². The minimum Gasteiger partial charge on any atom is -0.507 e. The number of phenols is 1. The molecule has 0 aromatic heterocycles. The van der Waals surface area contributed by atoms with E-state index in [-0.39, 0.29) is 17.5 Å². The third-order valence-corrected chi connectivity index (χ3v) is 2.58. The summed E-state index contributed by atoms with van der Waals surface area (Å²) >= 11 is 0. The molecule has 14 heavy (non-hydrogen) atoms. The zero-order valence-electron chi connectivity index (χ0n) is 7.76. The van der Waals surface area contributed by atoms with Gasteiger partial charge in [0, 0.05) is 17.7 Å². The average molecular weight is 196 g/mol. The van der Waals surface area contributed by atoms with Crippen LogP contribution in [-0.4, -0.2) is 11.7 Å². The Balaban J connectivity index is 2.37. The number of hydrogen-bond acceptors (Lipinski definition) is 3. The lowest BCUT2D eigenvalue weighted by Gasteiger charge is -2.13. The minimum absolute atomic E-state index is 0.0175. The highest BCUT2D eigenvalue weighted by atomic mass is 19.1. The number of nitrogens with two attached hydrogens (primary N) is 1. The number of anilines is 1. The monoisotopic (exact) mass is 196 g/mol. The van der Waals surface area contributed by atoms with Crippen molar-refractivity contribution in [1.29, 1.82) is 0 Å². The second kappa shape index (κ2) is 3.46. The number of nitrogen functional groups attached to an aromatic ring is 1. The van der Waals surface area contributed by atoms with Crippen LogP contribution in [-0.2, 0) is 0 Å². The quantitative estimate of drug-likeness (QED) is 0.471. The van der Waals surface area contributed by atoms with E-state index < -0.39 is 5.82 Å². The van der Waals surface area contributed by atoms with Gasteiger partial charge in [-0.25, -0.2) is 4.39 Å². The zero-order chi connectivity index (χ0) is 10.1. The van der Waals surface area contributed by atoms with Gasteiger partial charge < -0.3 is 16.2 Å². The molecule has 0 amide bonds. The zero-order valence-corrected chi connectivity index (χ0v) is 7.76. The SMILES string of the molecule is Nc1cc([C@@H]2CCCN2)c(O)cc1F. The van der Waals surface area contributed by atoms with Gasteiger partial charge in [-0.05, 0) is 25.5 Å². The largest absolute Gasteiger partial charge is 0.507 e. The number of halogens is 1. The summed E-state index contributed by atoms with van der Waals surface area (Å²) in [5.74, 6) is -0.583. The van der Waals surface area contributed by atoms with Crippen molar-refractivity contribution in [3.63, 3.8) is 0 Å². The average Bonchev–Trinajstić information content (AvgIpc) is 2.64. The molecule has 1 heterocycles. The molecule has 1 aliphatic heterocycles. The van der Waals surface area contributed by atoms with Crippen LogP contribution < -0.4 is 11.1 Å². The molecule has 0 spiro atoms. The first-order valence-corrected chi connectivity index (χ1v) is 4.70. The van der Waals surface area contributed by atoms with Gasteiger partial charge in [0.1, 0.15) is 11.6 Å². The van der Waals surface area contributed by atoms with E-state index in [0.29, 0.717) is 5.56 Å². The molecule has 4 N–H and O–H groups in total. The molecular weight excluding hydrogens is 183 g/mol. The Bertz CT molecular complexity index is 348. The van der Waals surface area contributed by atoms with Gasteiger partial charge >= 0.3 is 0 Å². The lowest BCUT2D eigenvalue weighted by atomic mass is 10.0. The number of nitrogens with one attached hydrogen (secondary N) is 1. The smallest absolute Gasteiger partial charge is 0.149 e. The Morgan fingerprint density at radius 3 is 2.93 bits per heavy atom. The second-order valence-corrected chi connectivity index (χ2v) is 3.58. The van der Waals surface area contributed by atoms with Crippen LogP contribution in [0.5, 0.6) is 5.75 Å². The van der Waals surface area contributed by atoms with Crippen LogP contribution in [0.3, 0.4) is 0 Å². The lowest BCUT2D eigenvalue weighted by molar-refractivity contribution is 0.451. The van der Waals surface area contributed by atoms with Crippen LogP contribution >= 0.6 is 0 Å². The highest BCUT2D eigenvalue weighted by Gasteiger charge is 2.20. The highest BCUT2D eigenvalue weighted by Crippen LogP contribution is 2.32. The molecule has 4 heteroatoms. The summed E-state index contributed by atoms with van der Waals surface area (Å²) in [5.41, 5.74) is 6.23. The normalized spacial score (nSPS) is 21.4. The van der Waals surface area contributed by atoms with Crippen molar-refractivity contribution < 1.29 is 9.50 Å². The second-order valence-electron chi connectivity index (χ2n) is 3.58. The van der Waals surface area contributed by atoms with Gasteiger partial charge in [-0.2, -0.15) is 0 Å². The maximum atomic E-state index is 12.9. The molecule has 1 aromatic rings. The van der Waals surface area contributed by atoms with Gasteiger partial charge in [0.2, 0.25) is 0 Å². The lowest BCUT2D eigenvalue weighted by Crippen LogP contribution is -2.13. The van der Waals surface area contributed by atoms with E-state index in [1.165, 1.54) is 6.07 Å². The standard InChI is InChI=1S/C10H13FN2O/c11-7-5-10(14)6(4-8(7)12)9-2-1-3-13-9/h4-5,9,13-14H,1-3,12H2/t9-/m0/s1. The van der Waals surface area contributed by atoms with Gasteiger partial charge in [0.15, 0.2) is 0 Å². The molecule has 1 saturated heterocycles. The van der Waals surface area contributed by atoms with E-state index >= 15 is 0 Å². The number of rotatable bonds is 1. The molecule has 0 saturated carbocycles. The summed E-state index contributed by atoms with van der Waals surface area (Å²) < 4.78 is 12.9. The first-order valence-electron chi connectivity index (χ1n) is 4.70. The van der Waals surface area contributed by atoms with Gasteiger partial charge in [-0.15, -0.1) is 0 Å². The van der Waals surface area contributed by atoms with E-state index in [1.54, 1.807) is 0 Å². The molecule has 1 atom stereocenters. The molecule has 1 fully saturated rings. The molecule has 2 rings (SSSR count). The van der Waals surface area contributed by atoms with Crippen LogP contribution in [0.1, 0.15) is 24.4 Å². The van der Waals surface area contributed by atoms with Crippen molar-refractivity contribution in [2.75, 3.05) is 12.3 Å². The van der Waals surface area contributed by atoms with Gasteiger partial charge in [-0.1, -0.05) is 0 Å². The van der Waals surface area contributed by atoms with Crippen molar-refractivity contribution in [2.45, 2.75) is 18.9 Å². The first kappa shape index (κ1) is 9.27. The number of benzene rings is 1. The van der Waals surface area contributed by atoms with Crippen molar-refractivity contribution in [1.82, 2.24) is 5.32 Å². The molecule has 76 valence electrons. The van der Waals surface area contributed by atoms with Crippen LogP contribution in [0.4, 0.5) is 10.1 Å².